The number of amides is 1. The van der Waals surface area contributed by atoms with Crippen LogP contribution in [0.15, 0.2) is 22.7 Å². The first kappa shape index (κ1) is 25.8. The number of hydrogen-bond donors (Lipinski definition) is 0. The maximum absolute atomic E-state index is 11.9. The van der Waals surface area contributed by atoms with E-state index in [9.17, 15) is 19.7 Å². The fourth-order valence-electron chi connectivity index (χ4n) is 1.95. The molecule has 1 rings (SSSR count). The first-order chi connectivity index (χ1) is 12.5. The third-order valence-electron chi connectivity index (χ3n) is 2.84. The molecule has 1 aromatic carbocycles. The third-order valence-corrected chi connectivity index (χ3v) is 3.58. The lowest BCUT2D eigenvalue weighted by Gasteiger charge is -2.24. The van der Waals surface area contributed by atoms with Gasteiger partial charge in [-0.15, -0.1) is 0 Å². The van der Waals surface area contributed by atoms with Crippen LogP contribution in [0.3, 0.4) is 0 Å². The molecule has 0 atom stereocenters. The summed E-state index contributed by atoms with van der Waals surface area (Å²) in [7, 11) is 1.54. The Balaban J connectivity index is 0.000000769. The SMILES string of the molecule is CC(=O)OC(C)(C)C.CN(Cc1c(Br)cccc1[N+](=O)[O-])C(=O)OC(C)(C)C. The van der Waals surface area contributed by atoms with Gasteiger partial charge < -0.3 is 14.4 Å². The van der Waals surface area contributed by atoms with Crippen molar-refractivity contribution >= 4 is 33.7 Å². The Kier molecular flexibility index (Phi) is 9.60. The molecule has 0 aliphatic carbocycles. The lowest BCUT2D eigenvalue weighted by molar-refractivity contribution is -0.385. The number of carbonyl (C=O) groups excluding carboxylic acids is 2. The number of esters is 1. The predicted octanol–water partition coefficient (Wildman–Crippen LogP) is 5.07. The van der Waals surface area contributed by atoms with Crippen LogP contribution in [0.5, 0.6) is 0 Å². The average Bonchev–Trinajstić information content (AvgIpc) is 2.45. The minimum Gasteiger partial charge on any atom is -0.460 e. The van der Waals surface area contributed by atoms with Crippen molar-refractivity contribution in [1.82, 2.24) is 4.90 Å². The van der Waals surface area contributed by atoms with Crippen molar-refractivity contribution in [2.45, 2.75) is 66.2 Å². The summed E-state index contributed by atoms with van der Waals surface area (Å²) >= 11 is 3.27. The van der Waals surface area contributed by atoms with Crippen molar-refractivity contribution in [2.24, 2.45) is 0 Å². The van der Waals surface area contributed by atoms with Gasteiger partial charge in [-0.3, -0.25) is 14.9 Å². The van der Waals surface area contributed by atoms with Crippen molar-refractivity contribution in [3.8, 4) is 0 Å². The quantitative estimate of drug-likeness (QED) is 0.354. The van der Waals surface area contributed by atoms with E-state index >= 15 is 0 Å². The highest BCUT2D eigenvalue weighted by Gasteiger charge is 2.23. The van der Waals surface area contributed by atoms with E-state index in [1.165, 1.54) is 24.9 Å². The fraction of sp³-hybridized carbons (Fsp3) is 0.579. The molecule has 0 aliphatic rings. The second kappa shape index (κ2) is 10.4. The highest BCUT2D eigenvalue weighted by Crippen LogP contribution is 2.28. The lowest BCUT2D eigenvalue weighted by atomic mass is 10.1. The molecule has 1 amide bonds. The summed E-state index contributed by atoms with van der Waals surface area (Å²) in [4.78, 5) is 34.0. The molecule has 0 saturated carbocycles. The summed E-state index contributed by atoms with van der Waals surface area (Å²) in [5.74, 6) is -0.225. The monoisotopic (exact) mass is 460 g/mol. The summed E-state index contributed by atoms with van der Waals surface area (Å²) in [6.45, 7) is 12.3. The van der Waals surface area contributed by atoms with Gasteiger partial charge in [0.15, 0.2) is 0 Å². The van der Waals surface area contributed by atoms with E-state index in [0.717, 1.165) is 0 Å². The second-order valence-corrected chi connectivity index (χ2v) is 8.89. The van der Waals surface area contributed by atoms with Gasteiger partial charge in [0.25, 0.3) is 5.69 Å². The van der Waals surface area contributed by atoms with Crippen molar-refractivity contribution in [3.63, 3.8) is 0 Å². The molecule has 0 N–H and O–H groups in total. The molecule has 158 valence electrons. The number of benzene rings is 1. The number of halogens is 1. The van der Waals surface area contributed by atoms with Crippen LogP contribution < -0.4 is 0 Å². The molecule has 0 radical (unpaired) electrons. The van der Waals surface area contributed by atoms with E-state index in [1.54, 1.807) is 32.9 Å². The molecule has 0 bridgehead atoms. The number of nitro benzene ring substituents is 1. The molecule has 8 nitrogen and oxygen atoms in total. The summed E-state index contributed by atoms with van der Waals surface area (Å²) in [6, 6.07) is 4.69. The zero-order valence-corrected chi connectivity index (χ0v) is 19.2. The van der Waals surface area contributed by atoms with Gasteiger partial charge in [-0.05, 0) is 47.6 Å². The first-order valence-corrected chi connectivity index (χ1v) is 9.38. The van der Waals surface area contributed by atoms with Crippen molar-refractivity contribution in [3.05, 3.63) is 38.3 Å². The Morgan fingerprint density at radius 3 is 1.96 bits per heavy atom. The summed E-state index contributed by atoms with van der Waals surface area (Å²) in [6.07, 6.45) is -0.525. The molecule has 0 unspecified atom stereocenters. The zero-order chi connectivity index (χ0) is 22.3. The summed E-state index contributed by atoms with van der Waals surface area (Å²) < 4.78 is 10.6. The molecular formula is C19H29BrN2O6. The van der Waals surface area contributed by atoms with E-state index in [0.29, 0.717) is 10.0 Å². The Labute approximate surface area is 174 Å². The topological polar surface area (TPSA) is 99.0 Å². The van der Waals surface area contributed by atoms with Crippen LogP contribution in [0.25, 0.3) is 0 Å². The van der Waals surface area contributed by atoms with Crippen LogP contribution in [0.4, 0.5) is 10.5 Å². The maximum Gasteiger partial charge on any atom is 0.410 e. The Bertz CT molecular complexity index is 707. The average molecular weight is 461 g/mol. The highest BCUT2D eigenvalue weighted by molar-refractivity contribution is 9.10. The minimum atomic E-state index is -0.606. The first-order valence-electron chi connectivity index (χ1n) is 8.59. The van der Waals surface area contributed by atoms with E-state index in [1.807, 2.05) is 20.8 Å². The van der Waals surface area contributed by atoms with E-state index in [4.69, 9.17) is 9.47 Å². The molecule has 0 aromatic heterocycles. The maximum atomic E-state index is 11.9. The molecule has 0 heterocycles. The van der Waals surface area contributed by atoms with E-state index in [2.05, 4.69) is 15.9 Å². The van der Waals surface area contributed by atoms with Gasteiger partial charge in [0.1, 0.15) is 11.2 Å². The van der Waals surface area contributed by atoms with Gasteiger partial charge in [-0.25, -0.2) is 4.79 Å². The fourth-order valence-corrected chi connectivity index (χ4v) is 2.43. The third kappa shape index (κ3) is 10.9. The van der Waals surface area contributed by atoms with Crippen molar-refractivity contribution in [1.29, 1.82) is 0 Å². The van der Waals surface area contributed by atoms with Crippen molar-refractivity contribution in [2.75, 3.05) is 7.05 Å². The van der Waals surface area contributed by atoms with Crippen LogP contribution >= 0.6 is 15.9 Å². The minimum absolute atomic E-state index is 0.0326. The van der Waals surface area contributed by atoms with Gasteiger partial charge in [-0.1, -0.05) is 22.0 Å². The van der Waals surface area contributed by atoms with Gasteiger partial charge in [0, 0.05) is 24.5 Å². The molecule has 0 saturated heterocycles. The zero-order valence-electron chi connectivity index (χ0n) is 17.7. The van der Waals surface area contributed by atoms with Crippen LogP contribution in [0.1, 0.15) is 54.0 Å². The smallest absolute Gasteiger partial charge is 0.410 e. The van der Waals surface area contributed by atoms with E-state index < -0.39 is 16.6 Å². The van der Waals surface area contributed by atoms with Crippen LogP contribution in [-0.4, -0.2) is 40.1 Å². The lowest BCUT2D eigenvalue weighted by Crippen LogP contribution is -2.34. The van der Waals surface area contributed by atoms with Gasteiger partial charge in [0.05, 0.1) is 17.0 Å². The number of hydrogen-bond acceptors (Lipinski definition) is 6. The summed E-state index contributed by atoms with van der Waals surface area (Å²) in [5.41, 5.74) is -0.530. The number of ether oxygens (including phenoxy) is 2. The molecule has 28 heavy (non-hydrogen) atoms. The Morgan fingerprint density at radius 1 is 1.11 bits per heavy atom. The number of nitrogens with zero attached hydrogens (tertiary/aromatic N) is 2. The second-order valence-electron chi connectivity index (χ2n) is 8.04. The van der Waals surface area contributed by atoms with Gasteiger partial charge >= 0.3 is 12.1 Å². The normalized spacial score (nSPS) is 11.0. The summed E-state index contributed by atoms with van der Waals surface area (Å²) in [5, 5.41) is 11.0. The van der Waals surface area contributed by atoms with Crippen LogP contribution in [-0.2, 0) is 20.8 Å². The molecule has 1 aromatic rings. The molecule has 9 heteroatoms. The molecular weight excluding hydrogens is 432 g/mol. The highest BCUT2D eigenvalue weighted by atomic mass is 79.9. The van der Waals surface area contributed by atoms with Crippen molar-refractivity contribution < 1.29 is 24.0 Å². The largest absolute Gasteiger partial charge is 0.460 e. The number of nitro groups is 1. The van der Waals surface area contributed by atoms with E-state index in [-0.39, 0.29) is 23.8 Å². The number of carbonyl (C=O) groups is 2. The Morgan fingerprint density at radius 2 is 1.61 bits per heavy atom. The molecule has 0 aliphatic heterocycles. The predicted molar refractivity (Wildman–Crippen MR) is 110 cm³/mol. The van der Waals surface area contributed by atoms with Crippen LogP contribution in [0, 0.1) is 10.1 Å². The van der Waals surface area contributed by atoms with Crippen LogP contribution in [0.2, 0.25) is 0 Å². The standard InChI is InChI=1S/C13H17BrN2O4.C6H12O2/c1-13(2,3)20-12(17)15(4)8-9-10(14)6-5-7-11(9)16(18)19;1-5(7)8-6(2,3)4/h5-7H,8H2,1-4H3;1-4H3. The molecule has 0 fully saturated rings. The van der Waals surface area contributed by atoms with Gasteiger partial charge in [0.2, 0.25) is 0 Å². The van der Waals surface area contributed by atoms with Gasteiger partial charge in [-0.2, -0.15) is 0 Å². The Hall–Kier alpha value is -2.16. The molecule has 0 spiro atoms. The number of rotatable bonds is 3.